The van der Waals surface area contributed by atoms with Gasteiger partial charge in [-0.05, 0) is 65.1 Å². The maximum atomic E-state index is 12.9. The first kappa shape index (κ1) is 21.7. The third kappa shape index (κ3) is 5.69. The molecular weight excluding hydrogens is 362 g/mol. The monoisotopic (exact) mass is 393 g/mol. The number of amides is 2. The Morgan fingerprint density at radius 3 is 2.52 bits per heavy atom. The van der Waals surface area contributed by atoms with Crippen LogP contribution in [0.25, 0.3) is 0 Å². The number of carbonyl (C=O) groups excluding carboxylic acids is 2. The molecule has 2 aliphatic rings. The predicted octanol–water partition coefficient (Wildman–Crippen LogP) is 2.83. The number of nitrogens with zero attached hydrogens (tertiary/aromatic N) is 1. The summed E-state index contributed by atoms with van der Waals surface area (Å²) in [5.41, 5.74) is 2.93. The first-order chi connectivity index (χ1) is 12.4. The lowest BCUT2D eigenvalue weighted by Crippen LogP contribution is -2.51. The van der Waals surface area contributed by atoms with Gasteiger partial charge < -0.3 is 15.5 Å². The van der Waals surface area contributed by atoms with Gasteiger partial charge >= 0.3 is 0 Å². The predicted molar refractivity (Wildman–Crippen MR) is 110 cm³/mol. The molecule has 2 saturated heterocycles. The Kier molecular flexibility index (Phi) is 7.68. The minimum atomic E-state index is -0.0937. The van der Waals surface area contributed by atoms with Crippen LogP contribution in [0.15, 0.2) is 18.2 Å². The van der Waals surface area contributed by atoms with Crippen LogP contribution >= 0.6 is 12.4 Å². The first-order valence-corrected chi connectivity index (χ1v) is 9.83. The van der Waals surface area contributed by atoms with Crippen molar-refractivity contribution in [3.63, 3.8) is 0 Å². The van der Waals surface area contributed by atoms with Gasteiger partial charge in [-0.25, -0.2) is 0 Å². The average molecular weight is 394 g/mol. The van der Waals surface area contributed by atoms with Crippen molar-refractivity contribution in [2.24, 2.45) is 5.92 Å². The van der Waals surface area contributed by atoms with Gasteiger partial charge in [-0.3, -0.25) is 9.59 Å². The summed E-state index contributed by atoms with van der Waals surface area (Å²) in [7, 11) is 0. The summed E-state index contributed by atoms with van der Waals surface area (Å²) >= 11 is 0. The maximum absolute atomic E-state index is 12.9. The summed E-state index contributed by atoms with van der Waals surface area (Å²) < 4.78 is 0. The quantitative estimate of drug-likeness (QED) is 0.830. The Labute approximate surface area is 168 Å². The summed E-state index contributed by atoms with van der Waals surface area (Å²) in [5, 5.41) is 6.63. The Morgan fingerprint density at radius 2 is 1.85 bits per heavy atom. The van der Waals surface area contributed by atoms with Crippen molar-refractivity contribution in [3.8, 4) is 0 Å². The first-order valence-electron chi connectivity index (χ1n) is 9.83. The number of halogens is 1. The standard InChI is InChI=1S/C21H31N3O2.ClH/c1-14-9-15(2)11-18(10-14)21(26)24-8-4-5-17(13-24)20(25)23-19-6-7-22-16(3)12-19;/h9-11,16-17,19,22H,4-8,12-13H2,1-3H3,(H,23,25);1H. The number of piperidine rings is 2. The largest absolute Gasteiger partial charge is 0.353 e. The number of rotatable bonds is 3. The molecule has 0 aromatic heterocycles. The van der Waals surface area contributed by atoms with Gasteiger partial charge in [-0.1, -0.05) is 17.2 Å². The van der Waals surface area contributed by atoms with Crippen LogP contribution in [0.4, 0.5) is 0 Å². The number of benzene rings is 1. The number of hydrogen-bond donors (Lipinski definition) is 2. The normalized spacial score (nSPS) is 25.4. The molecule has 0 spiro atoms. The van der Waals surface area contributed by atoms with Gasteiger partial charge in [0, 0.05) is 30.7 Å². The van der Waals surface area contributed by atoms with Gasteiger partial charge in [-0.15, -0.1) is 12.4 Å². The number of nitrogens with one attached hydrogen (secondary N) is 2. The molecule has 2 fully saturated rings. The van der Waals surface area contributed by atoms with E-state index in [0.717, 1.165) is 55.5 Å². The van der Waals surface area contributed by atoms with Crippen molar-refractivity contribution in [2.45, 2.75) is 58.5 Å². The topological polar surface area (TPSA) is 61.4 Å². The zero-order valence-corrected chi connectivity index (χ0v) is 17.4. The molecule has 1 aromatic rings. The molecule has 150 valence electrons. The lowest BCUT2D eigenvalue weighted by Gasteiger charge is -2.34. The van der Waals surface area contributed by atoms with Crippen LogP contribution in [0, 0.1) is 19.8 Å². The molecule has 0 bridgehead atoms. The number of likely N-dealkylation sites (tertiary alicyclic amines) is 1. The molecular formula is C21H32ClN3O2. The molecule has 27 heavy (non-hydrogen) atoms. The van der Waals surface area contributed by atoms with E-state index in [1.807, 2.05) is 30.9 Å². The van der Waals surface area contributed by atoms with E-state index in [1.54, 1.807) is 0 Å². The van der Waals surface area contributed by atoms with Crippen LogP contribution in [0.3, 0.4) is 0 Å². The maximum Gasteiger partial charge on any atom is 0.253 e. The van der Waals surface area contributed by atoms with Crippen molar-refractivity contribution < 1.29 is 9.59 Å². The van der Waals surface area contributed by atoms with Crippen LogP contribution in [-0.2, 0) is 4.79 Å². The van der Waals surface area contributed by atoms with Crippen LogP contribution < -0.4 is 10.6 Å². The number of hydrogen-bond acceptors (Lipinski definition) is 3. The molecule has 6 heteroatoms. The Bertz CT molecular complexity index is 659. The third-order valence-electron chi connectivity index (χ3n) is 5.52. The molecule has 2 amide bonds. The summed E-state index contributed by atoms with van der Waals surface area (Å²) in [5.74, 6) is 0.0654. The molecule has 2 aliphatic heterocycles. The lowest BCUT2D eigenvalue weighted by atomic mass is 9.94. The van der Waals surface area contributed by atoms with Crippen molar-refractivity contribution in [2.75, 3.05) is 19.6 Å². The Balaban J connectivity index is 0.00000261. The van der Waals surface area contributed by atoms with Crippen molar-refractivity contribution >= 4 is 24.2 Å². The fourth-order valence-corrected chi connectivity index (χ4v) is 4.24. The summed E-state index contributed by atoms with van der Waals surface area (Å²) in [6.45, 7) is 8.39. The fourth-order valence-electron chi connectivity index (χ4n) is 4.24. The van der Waals surface area contributed by atoms with Crippen molar-refractivity contribution in [3.05, 3.63) is 34.9 Å². The SMILES string of the molecule is Cc1cc(C)cc(C(=O)N2CCCC(C(=O)NC3CCNC(C)C3)C2)c1.Cl. The molecule has 3 atom stereocenters. The molecule has 3 rings (SSSR count). The highest BCUT2D eigenvalue weighted by Crippen LogP contribution is 2.21. The smallest absolute Gasteiger partial charge is 0.253 e. The third-order valence-corrected chi connectivity index (χ3v) is 5.52. The minimum absolute atomic E-state index is 0. The fraction of sp³-hybridized carbons (Fsp3) is 0.619. The van der Waals surface area contributed by atoms with Gasteiger partial charge in [0.25, 0.3) is 5.91 Å². The zero-order chi connectivity index (χ0) is 18.7. The second-order valence-corrected chi connectivity index (χ2v) is 8.05. The number of carbonyl (C=O) groups is 2. The zero-order valence-electron chi connectivity index (χ0n) is 16.6. The van der Waals surface area contributed by atoms with Gasteiger partial charge in [0.15, 0.2) is 0 Å². The van der Waals surface area contributed by atoms with Crippen molar-refractivity contribution in [1.29, 1.82) is 0 Å². The Hall–Kier alpha value is -1.59. The van der Waals surface area contributed by atoms with Crippen LogP contribution in [0.2, 0.25) is 0 Å². The van der Waals surface area contributed by atoms with E-state index in [-0.39, 0.29) is 36.2 Å². The second kappa shape index (κ2) is 9.56. The molecule has 1 aromatic carbocycles. The second-order valence-electron chi connectivity index (χ2n) is 8.05. The molecule has 3 unspecified atom stereocenters. The van der Waals surface area contributed by atoms with E-state index in [0.29, 0.717) is 12.6 Å². The lowest BCUT2D eigenvalue weighted by molar-refractivity contribution is -0.127. The molecule has 0 radical (unpaired) electrons. The van der Waals surface area contributed by atoms with E-state index < -0.39 is 0 Å². The summed E-state index contributed by atoms with van der Waals surface area (Å²) in [6, 6.07) is 6.65. The molecule has 2 N–H and O–H groups in total. The van der Waals surface area contributed by atoms with Gasteiger partial charge in [0.1, 0.15) is 0 Å². The van der Waals surface area contributed by atoms with E-state index in [2.05, 4.69) is 23.6 Å². The highest BCUT2D eigenvalue weighted by molar-refractivity contribution is 5.95. The summed E-state index contributed by atoms with van der Waals surface area (Å²) in [4.78, 5) is 27.5. The highest BCUT2D eigenvalue weighted by atomic mass is 35.5. The van der Waals surface area contributed by atoms with E-state index in [4.69, 9.17) is 0 Å². The van der Waals surface area contributed by atoms with Crippen LogP contribution in [-0.4, -0.2) is 48.4 Å². The van der Waals surface area contributed by atoms with Gasteiger partial charge in [-0.2, -0.15) is 0 Å². The average Bonchev–Trinajstić information content (AvgIpc) is 2.60. The van der Waals surface area contributed by atoms with Crippen molar-refractivity contribution in [1.82, 2.24) is 15.5 Å². The Morgan fingerprint density at radius 1 is 1.15 bits per heavy atom. The van der Waals surface area contributed by atoms with Crippen LogP contribution in [0.5, 0.6) is 0 Å². The van der Waals surface area contributed by atoms with E-state index in [9.17, 15) is 9.59 Å². The molecule has 5 nitrogen and oxygen atoms in total. The molecule has 0 aliphatic carbocycles. The number of aryl methyl sites for hydroxylation is 2. The van der Waals surface area contributed by atoms with E-state index in [1.165, 1.54) is 0 Å². The van der Waals surface area contributed by atoms with E-state index >= 15 is 0 Å². The molecule has 0 saturated carbocycles. The highest BCUT2D eigenvalue weighted by Gasteiger charge is 2.30. The van der Waals surface area contributed by atoms with Gasteiger partial charge in [0.2, 0.25) is 5.91 Å². The van der Waals surface area contributed by atoms with Crippen LogP contribution in [0.1, 0.15) is 54.1 Å². The molecule has 2 heterocycles. The summed E-state index contributed by atoms with van der Waals surface area (Å²) in [6.07, 6.45) is 3.71. The van der Waals surface area contributed by atoms with Gasteiger partial charge in [0.05, 0.1) is 5.92 Å². The minimum Gasteiger partial charge on any atom is -0.353 e.